The van der Waals surface area contributed by atoms with Gasteiger partial charge in [0.2, 0.25) is 5.91 Å². The lowest BCUT2D eigenvalue weighted by Crippen LogP contribution is -2.42. The van der Waals surface area contributed by atoms with E-state index in [0.717, 1.165) is 50.0 Å². The monoisotopic (exact) mass is 401 g/mol. The van der Waals surface area contributed by atoms with Gasteiger partial charge in [-0.1, -0.05) is 6.07 Å². The van der Waals surface area contributed by atoms with E-state index in [1.807, 2.05) is 31.2 Å². The molecule has 3 rings (SSSR count). The molecule has 2 aromatic rings. The molecule has 150 valence electrons. The zero-order valence-electron chi connectivity index (χ0n) is 16.3. The second-order valence-corrected chi connectivity index (χ2v) is 7.58. The molecule has 1 unspecified atom stereocenters. The zero-order chi connectivity index (χ0) is 19.8. The molecule has 0 saturated carbocycles. The van der Waals surface area contributed by atoms with Gasteiger partial charge in [-0.3, -0.25) is 9.69 Å². The normalized spacial score (nSPS) is 16.4. The van der Waals surface area contributed by atoms with Crippen LogP contribution >= 0.6 is 11.3 Å². The van der Waals surface area contributed by atoms with E-state index >= 15 is 0 Å². The van der Waals surface area contributed by atoms with Crippen molar-refractivity contribution < 1.29 is 14.3 Å². The molecular formula is C21H27N3O3S. The standard InChI is InChI=1S/C21H27N3O3S/c1-16(14-21(25)23-17-5-7-18(26-2)8-6-17)22-15-19(20-4-3-13-28-20)24-9-11-27-12-10-24/h3-8,13-14,19,22H,9-12,15H2,1-2H3,(H,23,25)/b16-14+. The van der Waals surface area contributed by atoms with Crippen molar-refractivity contribution in [2.45, 2.75) is 13.0 Å². The molecule has 2 N–H and O–H groups in total. The fraction of sp³-hybridized carbons (Fsp3) is 0.381. The maximum Gasteiger partial charge on any atom is 0.250 e. The average Bonchev–Trinajstić information content (AvgIpc) is 3.24. The summed E-state index contributed by atoms with van der Waals surface area (Å²) in [5, 5.41) is 8.38. The van der Waals surface area contributed by atoms with E-state index in [-0.39, 0.29) is 11.9 Å². The average molecular weight is 402 g/mol. The first-order chi connectivity index (χ1) is 13.7. The fourth-order valence-corrected chi connectivity index (χ4v) is 4.00. The number of amides is 1. The van der Waals surface area contributed by atoms with Crippen molar-refractivity contribution in [3.8, 4) is 5.75 Å². The van der Waals surface area contributed by atoms with Crippen molar-refractivity contribution >= 4 is 22.9 Å². The quantitative estimate of drug-likeness (QED) is 0.665. The van der Waals surface area contributed by atoms with Gasteiger partial charge in [-0.15, -0.1) is 11.3 Å². The molecule has 1 amide bonds. The summed E-state index contributed by atoms with van der Waals surface area (Å²) in [7, 11) is 1.62. The van der Waals surface area contributed by atoms with Gasteiger partial charge in [0.1, 0.15) is 5.75 Å². The lowest BCUT2D eigenvalue weighted by molar-refractivity contribution is -0.112. The highest BCUT2D eigenvalue weighted by Gasteiger charge is 2.23. The van der Waals surface area contributed by atoms with Gasteiger partial charge in [0.25, 0.3) is 0 Å². The molecule has 0 radical (unpaired) electrons. The Hall–Kier alpha value is -2.35. The molecule has 1 aromatic heterocycles. The molecule has 0 aliphatic carbocycles. The molecule has 1 aliphatic rings. The number of anilines is 1. The predicted octanol–water partition coefficient (Wildman–Crippen LogP) is 3.26. The molecule has 1 saturated heterocycles. The second-order valence-electron chi connectivity index (χ2n) is 6.61. The summed E-state index contributed by atoms with van der Waals surface area (Å²) in [4.78, 5) is 16.0. The third-order valence-corrected chi connectivity index (χ3v) is 5.61. The molecule has 28 heavy (non-hydrogen) atoms. The molecular weight excluding hydrogens is 374 g/mol. The summed E-state index contributed by atoms with van der Waals surface area (Å²) in [5.41, 5.74) is 1.57. The summed E-state index contributed by atoms with van der Waals surface area (Å²) in [6, 6.07) is 11.8. The number of allylic oxidation sites excluding steroid dienone is 1. The smallest absolute Gasteiger partial charge is 0.250 e. The van der Waals surface area contributed by atoms with Gasteiger partial charge in [-0.2, -0.15) is 0 Å². The number of morpholine rings is 1. The number of nitrogens with zero attached hydrogens (tertiary/aromatic N) is 1. The number of rotatable bonds is 8. The van der Waals surface area contributed by atoms with Crippen molar-refractivity contribution in [2.24, 2.45) is 0 Å². The Morgan fingerprint density at radius 3 is 2.68 bits per heavy atom. The van der Waals surface area contributed by atoms with Crippen molar-refractivity contribution in [1.29, 1.82) is 0 Å². The summed E-state index contributed by atoms with van der Waals surface area (Å²) < 4.78 is 10.6. The highest BCUT2D eigenvalue weighted by atomic mass is 32.1. The van der Waals surface area contributed by atoms with E-state index in [9.17, 15) is 4.79 Å². The fourth-order valence-electron chi connectivity index (χ4n) is 3.14. The summed E-state index contributed by atoms with van der Waals surface area (Å²) in [6.07, 6.45) is 1.59. The van der Waals surface area contributed by atoms with Crippen LogP contribution in [0.5, 0.6) is 5.75 Å². The predicted molar refractivity (Wildman–Crippen MR) is 113 cm³/mol. The van der Waals surface area contributed by atoms with Crippen LogP contribution in [0.4, 0.5) is 5.69 Å². The van der Waals surface area contributed by atoms with E-state index < -0.39 is 0 Å². The second kappa shape index (κ2) is 10.3. The minimum atomic E-state index is -0.158. The van der Waals surface area contributed by atoms with Crippen LogP contribution in [-0.4, -0.2) is 50.8 Å². The largest absolute Gasteiger partial charge is 0.497 e. The number of benzene rings is 1. The molecule has 1 aromatic carbocycles. The van der Waals surface area contributed by atoms with Gasteiger partial charge in [-0.05, 0) is 42.6 Å². The van der Waals surface area contributed by atoms with Gasteiger partial charge in [-0.25, -0.2) is 0 Å². The Bertz CT molecular complexity index is 769. The number of nitrogens with one attached hydrogen (secondary N) is 2. The van der Waals surface area contributed by atoms with Crippen LogP contribution in [0.15, 0.2) is 53.6 Å². The first-order valence-corrected chi connectivity index (χ1v) is 10.3. The number of ether oxygens (including phenoxy) is 2. The third-order valence-electron chi connectivity index (χ3n) is 4.64. The van der Waals surface area contributed by atoms with Crippen LogP contribution in [0, 0.1) is 0 Å². The number of carbonyl (C=O) groups is 1. The number of hydrogen-bond donors (Lipinski definition) is 2. The van der Waals surface area contributed by atoms with E-state index in [2.05, 4.69) is 33.0 Å². The minimum absolute atomic E-state index is 0.158. The van der Waals surface area contributed by atoms with Gasteiger partial charge in [0.05, 0.1) is 26.4 Å². The maximum absolute atomic E-state index is 12.3. The third kappa shape index (κ3) is 5.82. The van der Waals surface area contributed by atoms with Crippen LogP contribution in [0.1, 0.15) is 17.8 Å². The lowest BCUT2D eigenvalue weighted by atomic mass is 10.2. The zero-order valence-corrected chi connectivity index (χ0v) is 17.1. The van der Waals surface area contributed by atoms with Gasteiger partial charge in [0, 0.05) is 42.0 Å². The number of methoxy groups -OCH3 is 1. The molecule has 0 bridgehead atoms. The maximum atomic E-state index is 12.3. The first kappa shape index (κ1) is 20.4. The van der Waals surface area contributed by atoms with Crippen LogP contribution in [-0.2, 0) is 9.53 Å². The van der Waals surface area contributed by atoms with Crippen LogP contribution in [0.3, 0.4) is 0 Å². The van der Waals surface area contributed by atoms with Gasteiger partial charge >= 0.3 is 0 Å². The summed E-state index contributed by atoms with van der Waals surface area (Å²) in [5.74, 6) is 0.600. The molecule has 7 heteroatoms. The highest BCUT2D eigenvalue weighted by Crippen LogP contribution is 2.25. The molecule has 2 heterocycles. The van der Waals surface area contributed by atoms with E-state index in [4.69, 9.17) is 9.47 Å². The van der Waals surface area contributed by atoms with E-state index in [1.54, 1.807) is 24.5 Å². The van der Waals surface area contributed by atoms with E-state index in [1.165, 1.54) is 4.88 Å². The Morgan fingerprint density at radius 1 is 1.29 bits per heavy atom. The Morgan fingerprint density at radius 2 is 2.04 bits per heavy atom. The summed E-state index contributed by atoms with van der Waals surface area (Å²) >= 11 is 1.76. The Kier molecular flexibility index (Phi) is 7.47. The van der Waals surface area contributed by atoms with Crippen molar-refractivity contribution in [3.63, 3.8) is 0 Å². The SMILES string of the molecule is COc1ccc(NC(=O)/C=C(\C)NCC(c2cccs2)N2CCOCC2)cc1. The van der Waals surface area contributed by atoms with Gasteiger partial charge in [0.15, 0.2) is 0 Å². The number of thiophene rings is 1. The van der Waals surface area contributed by atoms with Crippen molar-refractivity contribution in [1.82, 2.24) is 10.2 Å². The van der Waals surface area contributed by atoms with E-state index in [0.29, 0.717) is 0 Å². The van der Waals surface area contributed by atoms with Crippen LogP contribution < -0.4 is 15.4 Å². The highest BCUT2D eigenvalue weighted by molar-refractivity contribution is 7.10. The molecule has 6 nitrogen and oxygen atoms in total. The van der Waals surface area contributed by atoms with Gasteiger partial charge < -0.3 is 20.1 Å². The number of hydrogen-bond acceptors (Lipinski definition) is 6. The number of carbonyl (C=O) groups excluding carboxylic acids is 1. The minimum Gasteiger partial charge on any atom is -0.497 e. The van der Waals surface area contributed by atoms with Crippen LogP contribution in [0.2, 0.25) is 0 Å². The van der Waals surface area contributed by atoms with Crippen molar-refractivity contribution in [2.75, 3.05) is 45.3 Å². The summed E-state index contributed by atoms with van der Waals surface area (Å²) in [6.45, 7) is 6.04. The molecule has 1 fully saturated rings. The Labute approximate surface area is 170 Å². The van der Waals surface area contributed by atoms with Crippen molar-refractivity contribution in [3.05, 3.63) is 58.4 Å². The Balaban J connectivity index is 1.56. The topological polar surface area (TPSA) is 62.8 Å². The first-order valence-electron chi connectivity index (χ1n) is 9.38. The van der Waals surface area contributed by atoms with Crippen LogP contribution in [0.25, 0.3) is 0 Å². The lowest BCUT2D eigenvalue weighted by Gasteiger charge is -2.34. The molecule has 1 aliphatic heterocycles. The molecule has 0 spiro atoms. The molecule has 1 atom stereocenters.